The summed E-state index contributed by atoms with van der Waals surface area (Å²) in [6.07, 6.45) is 0. The van der Waals surface area contributed by atoms with Gasteiger partial charge < -0.3 is 4.74 Å². The first-order valence-corrected chi connectivity index (χ1v) is 12.0. The largest absolute Gasteiger partial charge is 0.435 e. The third-order valence-electron chi connectivity index (χ3n) is 5.13. The monoisotopic (exact) mass is 567 g/mol. The fourth-order valence-corrected chi connectivity index (χ4v) is 4.46. The van der Waals surface area contributed by atoms with Crippen LogP contribution in [0.3, 0.4) is 0 Å². The highest BCUT2D eigenvalue weighted by atomic mass is 79.9. The number of hydrogen-bond acceptors (Lipinski definition) is 4. The normalized spacial score (nSPS) is 15.5. The van der Waals surface area contributed by atoms with Crippen molar-refractivity contribution in [2.45, 2.75) is 18.3 Å². The average molecular weight is 568 g/mol. The lowest BCUT2D eigenvalue weighted by atomic mass is 9.90. The van der Waals surface area contributed by atoms with Gasteiger partial charge in [0.15, 0.2) is 0 Å². The van der Waals surface area contributed by atoms with Crippen molar-refractivity contribution in [3.05, 3.63) is 94.5 Å². The van der Waals surface area contributed by atoms with E-state index in [2.05, 4.69) is 25.8 Å². The van der Waals surface area contributed by atoms with Gasteiger partial charge in [0.1, 0.15) is 5.75 Å². The Bertz CT molecular complexity index is 1180. The summed E-state index contributed by atoms with van der Waals surface area (Å²) in [6.45, 7) is -2.84. The highest BCUT2D eigenvalue weighted by Gasteiger charge is 2.36. The fourth-order valence-electron chi connectivity index (χ4n) is 3.61. The molecule has 2 amide bonds. The van der Waals surface area contributed by atoms with E-state index in [0.717, 1.165) is 19.4 Å². The lowest BCUT2D eigenvalue weighted by molar-refractivity contribution is -0.0498. The number of urea groups is 1. The molecule has 0 N–H and O–H groups in total. The van der Waals surface area contributed by atoms with Gasteiger partial charge in [0.2, 0.25) is 0 Å². The molecule has 0 fully saturated rings. The number of ether oxygens (including phenoxy) is 1. The van der Waals surface area contributed by atoms with E-state index in [1.54, 1.807) is 36.4 Å². The molecule has 1 unspecified atom stereocenters. The van der Waals surface area contributed by atoms with Crippen LogP contribution in [0.2, 0.25) is 0 Å². The van der Waals surface area contributed by atoms with Gasteiger partial charge in [0, 0.05) is 22.3 Å². The molecule has 5 nitrogen and oxygen atoms in total. The van der Waals surface area contributed by atoms with Gasteiger partial charge >= 0.3 is 18.4 Å². The lowest BCUT2D eigenvalue weighted by Gasteiger charge is -2.25. The summed E-state index contributed by atoms with van der Waals surface area (Å²) in [6, 6.07) is 20.9. The molecule has 1 atom stereocenters. The van der Waals surface area contributed by atoms with Gasteiger partial charge in [-0.25, -0.2) is 14.1 Å². The molecule has 0 aromatic heterocycles. The Labute approximate surface area is 211 Å². The molecule has 0 spiro atoms. The van der Waals surface area contributed by atoms with Crippen LogP contribution in [0.15, 0.2) is 88.4 Å². The van der Waals surface area contributed by atoms with Crippen LogP contribution < -0.4 is 9.04 Å². The number of anilines is 1. The van der Waals surface area contributed by atoms with Gasteiger partial charge in [0.25, 0.3) is 0 Å². The summed E-state index contributed by atoms with van der Waals surface area (Å²) in [5, 5.41) is 5.63. The summed E-state index contributed by atoms with van der Waals surface area (Å²) in [7, 11) is 0. The molecule has 1 heterocycles. The maximum atomic E-state index is 13.4. The second kappa shape index (κ2) is 11.1. The molecular weight excluding hydrogens is 550 g/mol. The van der Waals surface area contributed by atoms with E-state index in [1.165, 1.54) is 12.1 Å². The van der Waals surface area contributed by atoms with E-state index < -0.39 is 18.4 Å². The highest BCUT2D eigenvalue weighted by molar-refractivity contribution is 9.10. The molecule has 3 aromatic carbocycles. The average Bonchev–Trinajstić information content (AvgIpc) is 3.29. The van der Waals surface area contributed by atoms with Crippen LogP contribution >= 0.6 is 27.9 Å². The minimum Gasteiger partial charge on any atom is -0.435 e. The van der Waals surface area contributed by atoms with Crippen molar-refractivity contribution in [1.29, 1.82) is 0 Å². The number of hydrazone groups is 1. The maximum absolute atomic E-state index is 13.4. The van der Waals surface area contributed by atoms with Gasteiger partial charge in [-0.3, -0.25) is 0 Å². The van der Waals surface area contributed by atoms with Gasteiger partial charge in [-0.05, 0) is 59.7 Å². The Kier molecular flexibility index (Phi) is 7.97. The van der Waals surface area contributed by atoms with Crippen LogP contribution in [-0.2, 0) is 0 Å². The topological polar surface area (TPSA) is 45.1 Å². The number of halogens is 5. The Morgan fingerprint density at radius 3 is 2.26 bits per heavy atom. The smallest absolute Gasteiger partial charge is 0.387 e. The molecule has 0 radical (unpaired) electrons. The molecular formula is C24H18BrF4N3O2S. The standard InChI is InChI=1S/C24H18BrF4N3O2S/c25-17-8-10-18(11-9-17)32(35-23(28)29)24(33)31-14-20(15-4-2-1-3-5-15)21(30-31)16-6-12-19(13-7-16)34-22(26)27/h1-13,20,22-23H,14H2. The Balaban J connectivity index is 1.68. The number of alkyl halides is 4. The van der Waals surface area contributed by atoms with Crippen molar-refractivity contribution in [1.82, 2.24) is 5.01 Å². The SMILES string of the molecule is O=C(N1CC(c2ccccc2)C(c2ccc(OC(F)F)cc2)=N1)N(SC(F)F)c1ccc(Br)cc1. The second-order valence-corrected chi connectivity index (χ2v) is 9.20. The fraction of sp³-hybridized carbons (Fsp3) is 0.167. The zero-order valence-electron chi connectivity index (χ0n) is 17.9. The number of amides is 2. The molecule has 35 heavy (non-hydrogen) atoms. The molecule has 1 aliphatic rings. The first-order chi connectivity index (χ1) is 16.8. The van der Waals surface area contributed by atoms with Crippen molar-refractivity contribution in [3.8, 4) is 5.75 Å². The number of hydrogen-bond donors (Lipinski definition) is 0. The molecule has 0 aliphatic carbocycles. The summed E-state index contributed by atoms with van der Waals surface area (Å²) < 4.78 is 57.8. The number of rotatable bonds is 7. The molecule has 1 aliphatic heterocycles. The van der Waals surface area contributed by atoms with Crippen LogP contribution in [0.25, 0.3) is 0 Å². The van der Waals surface area contributed by atoms with Crippen LogP contribution in [-0.4, -0.2) is 35.7 Å². The quantitative estimate of drug-likeness (QED) is 0.221. The van der Waals surface area contributed by atoms with Crippen LogP contribution in [0.1, 0.15) is 17.0 Å². The highest BCUT2D eigenvalue weighted by Crippen LogP contribution is 2.34. The zero-order valence-corrected chi connectivity index (χ0v) is 20.3. The van der Waals surface area contributed by atoms with Crippen molar-refractivity contribution in [3.63, 3.8) is 0 Å². The van der Waals surface area contributed by atoms with Crippen molar-refractivity contribution < 1.29 is 27.1 Å². The summed E-state index contributed by atoms with van der Waals surface area (Å²) in [5.41, 5.74) is 2.24. The van der Waals surface area contributed by atoms with E-state index in [4.69, 9.17) is 0 Å². The summed E-state index contributed by atoms with van der Waals surface area (Å²) in [5.74, 6) is -3.20. The third-order valence-corrected chi connectivity index (χ3v) is 6.40. The first-order valence-electron chi connectivity index (χ1n) is 10.3. The number of carbonyl (C=O) groups is 1. The molecule has 3 aromatic rings. The van der Waals surface area contributed by atoms with Crippen LogP contribution in [0.4, 0.5) is 28.0 Å². The van der Waals surface area contributed by atoms with E-state index in [9.17, 15) is 22.4 Å². The lowest BCUT2D eigenvalue weighted by Crippen LogP contribution is -2.37. The Morgan fingerprint density at radius 1 is 1.00 bits per heavy atom. The molecule has 0 bridgehead atoms. The number of benzene rings is 3. The molecule has 0 saturated carbocycles. The zero-order chi connectivity index (χ0) is 24.9. The van der Waals surface area contributed by atoms with Crippen molar-refractivity contribution in [2.24, 2.45) is 5.10 Å². The minimum atomic E-state index is -2.95. The summed E-state index contributed by atoms with van der Waals surface area (Å²) in [4.78, 5) is 13.4. The van der Waals surface area contributed by atoms with Gasteiger partial charge in [-0.15, -0.1) is 0 Å². The summed E-state index contributed by atoms with van der Waals surface area (Å²) >= 11 is 3.38. The number of carbonyl (C=O) groups excluding carboxylic acids is 1. The van der Waals surface area contributed by atoms with E-state index >= 15 is 0 Å². The predicted octanol–water partition coefficient (Wildman–Crippen LogP) is 7.35. The number of nitrogens with zero attached hydrogens (tertiary/aromatic N) is 3. The van der Waals surface area contributed by atoms with Gasteiger partial charge in [0.05, 0.1) is 17.9 Å². The van der Waals surface area contributed by atoms with Crippen LogP contribution in [0.5, 0.6) is 5.75 Å². The van der Waals surface area contributed by atoms with Gasteiger partial charge in [-0.2, -0.15) is 22.7 Å². The maximum Gasteiger partial charge on any atom is 0.387 e. The molecule has 182 valence electrons. The Morgan fingerprint density at radius 2 is 1.66 bits per heavy atom. The van der Waals surface area contributed by atoms with E-state index in [0.29, 0.717) is 11.3 Å². The first kappa shape index (κ1) is 25.1. The predicted molar refractivity (Wildman–Crippen MR) is 131 cm³/mol. The Hall–Kier alpha value is -3.05. The van der Waals surface area contributed by atoms with Gasteiger partial charge in [-0.1, -0.05) is 46.3 Å². The third kappa shape index (κ3) is 6.15. The van der Waals surface area contributed by atoms with Crippen LogP contribution in [0, 0.1) is 0 Å². The van der Waals surface area contributed by atoms with E-state index in [1.807, 2.05) is 30.3 Å². The molecule has 11 heteroatoms. The van der Waals surface area contributed by atoms with Crippen molar-refractivity contribution >= 4 is 45.3 Å². The minimum absolute atomic E-state index is 0.0127. The van der Waals surface area contributed by atoms with Crippen molar-refractivity contribution in [2.75, 3.05) is 10.8 Å². The van der Waals surface area contributed by atoms with E-state index in [-0.39, 0.29) is 35.8 Å². The second-order valence-electron chi connectivity index (χ2n) is 7.35. The molecule has 0 saturated heterocycles. The molecule has 4 rings (SSSR count).